The van der Waals surface area contributed by atoms with Gasteiger partial charge in [-0.15, -0.1) is 24.8 Å². The van der Waals surface area contributed by atoms with Crippen LogP contribution in [0.2, 0.25) is 0 Å². The molecule has 0 saturated carbocycles. The molecule has 4 nitrogen and oxygen atoms in total. The van der Waals surface area contributed by atoms with Gasteiger partial charge < -0.3 is 16.0 Å². The quantitative estimate of drug-likeness (QED) is 0.709. The molecule has 0 saturated heterocycles. The Hall–Kier alpha value is -0.810. The van der Waals surface area contributed by atoms with Gasteiger partial charge >= 0.3 is 0 Å². The summed E-state index contributed by atoms with van der Waals surface area (Å²) >= 11 is 0. The Labute approximate surface area is 146 Å². The molecule has 6 heteroatoms. The van der Waals surface area contributed by atoms with Gasteiger partial charge in [0.15, 0.2) is 0 Å². The zero-order chi connectivity index (χ0) is 15.0. The third-order valence-corrected chi connectivity index (χ3v) is 3.68. The van der Waals surface area contributed by atoms with Crippen molar-refractivity contribution in [3.05, 3.63) is 35.9 Å². The number of rotatable bonds is 8. The number of carbonyl (C=O) groups excluding carboxylic acids is 1. The van der Waals surface area contributed by atoms with E-state index >= 15 is 0 Å². The second-order valence-corrected chi connectivity index (χ2v) is 5.20. The molecule has 22 heavy (non-hydrogen) atoms. The minimum absolute atomic E-state index is 0. The van der Waals surface area contributed by atoms with Crippen LogP contribution < -0.4 is 11.1 Å². The van der Waals surface area contributed by atoms with E-state index in [4.69, 9.17) is 5.73 Å². The third kappa shape index (κ3) is 6.97. The molecule has 1 atom stereocenters. The summed E-state index contributed by atoms with van der Waals surface area (Å²) in [6.45, 7) is 9.80. The van der Waals surface area contributed by atoms with Crippen molar-refractivity contribution in [1.29, 1.82) is 0 Å². The van der Waals surface area contributed by atoms with Gasteiger partial charge in [-0.2, -0.15) is 0 Å². The molecule has 1 unspecified atom stereocenters. The molecule has 0 heterocycles. The van der Waals surface area contributed by atoms with Gasteiger partial charge in [0, 0.05) is 6.54 Å². The molecule has 1 aromatic rings. The Bertz CT molecular complexity index is 409. The standard InChI is InChI=1S/C16H27N3O.2ClH/c1-4-19(5-2)13-9-12-18-15(20)16(3,17)14-10-7-6-8-11-14;;/h6-8,10-11H,4-5,9,12-13,17H2,1-3H3,(H,18,20);2*1H. The summed E-state index contributed by atoms with van der Waals surface area (Å²) in [6, 6.07) is 9.48. The maximum atomic E-state index is 12.2. The molecular formula is C16H29Cl2N3O. The Morgan fingerprint density at radius 3 is 2.23 bits per heavy atom. The second kappa shape index (κ2) is 11.7. The average Bonchev–Trinajstić information content (AvgIpc) is 2.48. The van der Waals surface area contributed by atoms with Gasteiger partial charge in [0.25, 0.3) is 0 Å². The van der Waals surface area contributed by atoms with Crippen LogP contribution in [0.4, 0.5) is 0 Å². The van der Waals surface area contributed by atoms with E-state index in [2.05, 4.69) is 24.1 Å². The topological polar surface area (TPSA) is 58.4 Å². The minimum Gasteiger partial charge on any atom is -0.354 e. The van der Waals surface area contributed by atoms with Gasteiger partial charge in [-0.1, -0.05) is 44.2 Å². The SMILES string of the molecule is CCN(CC)CCCNC(=O)C(C)(N)c1ccccc1.Cl.Cl. The summed E-state index contributed by atoms with van der Waals surface area (Å²) in [5.41, 5.74) is 6.01. The molecule has 0 aliphatic rings. The van der Waals surface area contributed by atoms with Gasteiger partial charge in [0.2, 0.25) is 5.91 Å². The zero-order valence-corrected chi connectivity index (χ0v) is 15.3. The smallest absolute Gasteiger partial charge is 0.244 e. The Morgan fingerprint density at radius 1 is 1.18 bits per heavy atom. The summed E-state index contributed by atoms with van der Waals surface area (Å²) in [5.74, 6) is -0.122. The zero-order valence-electron chi connectivity index (χ0n) is 13.7. The maximum absolute atomic E-state index is 12.2. The lowest BCUT2D eigenvalue weighted by Crippen LogP contribution is -2.49. The molecule has 1 aromatic carbocycles. The fourth-order valence-electron chi connectivity index (χ4n) is 2.14. The van der Waals surface area contributed by atoms with Crippen molar-refractivity contribution in [2.75, 3.05) is 26.2 Å². The summed E-state index contributed by atoms with van der Waals surface area (Å²) in [5, 5.41) is 2.93. The van der Waals surface area contributed by atoms with Gasteiger partial charge in [0.1, 0.15) is 5.54 Å². The highest BCUT2D eigenvalue weighted by Gasteiger charge is 2.29. The summed E-state index contributed by atoms with van der Waals surface area (Å²) < 4.78 is 0. The highest BCUT2D eigenvalue weighted by molar-refractivity contribution is 5.87. The fourth-order valence-corrected chi connectivity index (χ4v) is 2.14. The monoisotopic (exact) mass is 349 g/mol. The van der Waals surface area contributed by atoms with Crippen LogP contribution in [0.1, 0.15) is 32.8 Å². The molecule has 0 aliphatic heterocycles. The molecule has 1 amide bonds. The molecule has 1 rings (SSSR count). The predicted molar refractivity (Wildman–Crippen MR) is 97.9 cm³/mol. The van der Waals surface area contributed by atoms with Crippen molar-refractivity contribution < 1.29 is 4.79 Å². The number of carbonyl (C=O) groups is 1. The number of nitrogens with two attached hydrogens (primary N) is 1. The van der Waals surface area contributed by atoms with E-state index in [0.29, 0.717) is 6.54 Å². The summed E-state index contributed by atoms with van der Waals surface area (Å²) in [7, 11) is 0. The van der Waals surface area contributed by atoms with Crippen LogP contribution in [-0.4, -0.2) is 37.0 Å². The van der Waals surface area contributed by atoms with E-state index in [9.17, 15) is 4.79 Å². The Morgan fingerprint density at radius 2 is 1.73 bits per heavy atom. The number of nitrogens with one attached hydrogen (secondary N) is 1. The summed E-state index contributed by atoms with van der Waals surface area (Å²) in [4.78, 5) is 14.5. The number of benzene rings is 1. The Kier molecular flexibility index (Phi) is 12.5. The van der Waals surface area contributed by atoms with Crippen molar-refractivity contribution in [1.82, 2.24) is 10.2 Å². The van der Waals surface area contributed by atoms with Crippen LogP contribution in [0.25, 0.3) is 0 Å². The van der Waals surface area contributed by atoms with E-state index < -0.39 is 5.54 Å². The predicted octanol–water partition coefficient (Wildman–Crippen LogP) is 2.55. The lowest BCUT2D eigenvalue weighted by molar-refractivity contribution is -0.126. The van der Waals surface area contributed by atoms with Crippen molar-refractivity contribution >= 4 is 30.7 Å². The number of hydrogen-bond acceptors (Lipinski definition) is 3. The molecular weight excluding hydrogens is 321 g/mol. The first kappa shape index (κ1) is 23.5. The lowest BCUT2D eigenvalue weighted by Gasteiger charge is -2.24. The molecule has 0 radical (unpaired) electrons. The van der Waals surface area contributed by atoms with Crippen LogP contribution in [0.3, 0.4) is 0 Å². The van der Waals surface area contributed by atoms with E-state index in [1.807, 2.05) is 30.3 Å². The highest BCUT2D eigenvalue weighted by atomic mass is 35.5. The average molecular weight is 350 g/mol. The van der Waals surface area contributed by atoms with Crippen LogP contribution in [-0.2, 0) is 10.3 Å². The first-order valence-electron chi connectivity index (χ1n) is 7.37. The van der Waals surface area contributed by atoms with Crippen molar-refractivity contribution in [2.24, 2.45) is 5.73 Å². The van der Waals surface area contributed by atoms with Gasteiger partial charge in [-0.05, 0) is 38.5 Å². The number of halogens is 2. The molecule has 3 N–H and O–H groups in total. The number of amides is 1. The fraction of sp³-hybridized carbons (Fsp3) is 0.562. The lowest BCUT2D eigenvalue weighted by atomic mass is 9.92. The Balaban J connectivity index is 0. The molecule has 0 spiro atoms. The first-order valence-corrected chi connectivity index (χ1v) is 7.37. The number of hydrogen-bond donors (Lipinski definition) is 2. The van der Waals surface area contributed by atoms with Crippen LogP contribution >= 0.6 is 24.8 Å². The van der Waals surface area contributed by atoms with Gasteiger partial charge in [0.05, 0.1) is 0 Å². The first-order chi connectivity index (χ1) is 9.52. The van der Waals surface area contributed by atoms with Crippen LogP contribution in [0.5, 0.6) is 0 Å². The van der Waals surface area contributed by atoms with E-state index in [-0.39, 0.29) is 30.7 Å². The molecule has 0 bridgehead atoms. The van der Waals surface area contributed by atoms with E-state index in [1.165, 1.54) is 0 Å². The largest absolute Gasteiger partial charge is 0.354 e. The normalized spacial score (nSPS) is 12.8. The highest BCUT2D eigenvalue weighted by Crippen LogP contribution is 2.17. The maximum Gasteiger partial charge on any atom is 0.244 e. The van der Waals surface area contributed by atoms with Crippen molar-refractivity contribution in [2.45, 2.75) is 32.7 Å². The van der Waals surface area contributed by atoms with E-state index in [0.717, 1.165) is 31.6 Å². The van der Waals surface area contributed by atoms with Crippen LogP contribution in [0.15, 0.2) is 30.3 Å². The molecule has 0 aromatic heterocycles. The molecule has 128 valence electrons. The van der Waals surface area contributed by atoms with Gasteiger partial charge in [-0.25, -0.2) is 0 Å². The molecule has 0 aliphatic carbocycles. The van der Waals surface area contributed by atoms with Gasteiger partial charge in [-0.3, -0.25) is 4.79 Å². The summed E-state index contributed by atoms with van der Waals surface area (Å²) in [6.07, 6.45) is 0.943. The van der Waals surface area contributed by atoms with Crippen molar-refractivity contribution in [3.63, 3.8) is 0 Å². The third-order valence-electron chi connectivity index (χ3n) is 3.68. The second-order valence-electron chi connectivity index (χ2n) is 5.20. The van der Waals surface area contributed by atoms with Crippen molar-refractivity contribution in [3.8, 4) is 0 Å². The minimum atomic E-state index is -0.976. The van der Waals surface area contributed by atoms with E-state index in [1.54, 1.807) is 6.92 Å². The number of nitrogens with zero attached hydrogens (tertiary/aromatic N) is 1. The molecule has 0 fully saturated rings. The van der Waals surface area contributed by atoms with Crippen LogP contribution in [0, 0.1) is 0 Å².